The zero-order valence-electron chi connectivity index (χ0n) is 21.1. The van der Waals surface area contributed by atoms with Crippen LogP contribution in [-0.2, 0) is 24.2 Å². The number of fused-ring (bicyclic) bond motifs is 3. The summed E-state index contributed by atoms with van der Waals surface area (Å²) in [6.07, 6.45) is 3.85. The number of hydrogen-bond acceptors (Lipinski definition) is 9. The first kappa shape index (κ1) is 23.7. The topological polar surface area (TPSA) is 151 Å². The second kappa shape index (κ2) is 9.66. The molecule has 0 saturated heterocycles. The van der Waals surface area contributed by atoms with Crippen LogP contribution in [0.1, 0.15) is 36.5 Å². The van der Waals surface area contributed by atoms with E-state index >= 15 is 0 Å². The average molecular weight is 513 g/mol. The number of ether oxygens (including phenoxy) is 1. The number of unbranched alkanes of at least 4 members (excludes halogenated alkanes) is 1. The van der Waals surface area contributed by atoms with Crippen molar-refractivity contribution >= 4 is 40.1 Å². The van der Waals surface area contributed by atoms with E-state index in [1.165, 1.54) is 11.9 Å². The van der Waals surface area contributed by atoms with Gasteiger partial charge in [-0.15, -0.1) is 0 Å². The average Bonchev–Trinajstić information content (AvgIpc) is 3.48. The lowest BCUT2D eigenvalue weighted by atomic mass is 9.97. The second-order valence-corrected chi connectivity index (χ2v) is 9.44. The minimum Gasteiger partial charge on any atom is -0.449 e. The van der Waals surface area contributed by atoms with Crippen LogP contribution < -0.4 is 11.5 Å². The van der Waals surface area contributed by atoms with Crippen LogP contribution >= 0.6 is 0 Å². The maximum absolute atomic E-state index is 12.4. The zero-order valence-corrected chi connectivity index (χ0v) is 21.1. The molecule has 1 aliphatic rings. The van der Waals surface area contributed by atoms with Crippen LogP contribution in [-0.4, -0.2) is 48.9 Å². The monoisotopic (exact) mass is 512 g/mol. The third kappa shape index (κ3) is 4.36. The van der Waals surface area contributed by atoms with E-state index in [4.69, 9.17) is 25.7 Å². The van der Waals surface area contributed by atoms with Crippen LogP contribution in [0.25, 0.3) is 33.4 Å². The van der Waals surface area contributed by atoms with E-state index in [2.05, 4.69) is 40.1 Å². The van der Waals surface area contributed by atoms with Crippen LogP contribution in [0.5, 0.6) is 0 Å². The van der Waals surface area contributed by atoms with Crippen molar-refractivity contribution in [2.24, 2.45) is 0 Å². The number of amides is 1. The van der Waals surface area contributed by atoms with Crippen molar-refractivity contribution in [1.29, 1.82) is 0 Å². The SMILES string of the molecule is CCCCOC(=O)N1CCc2cc(Cn3nc(-c4ccc5oc(N)nc5c4)c4c(N)ncnc43)ccc2C1. The Hall–Kier alpha value is -4.67. The maximum atomic E-state index is 12.4. The number of aromatic nitrogens is 5. The first-order valence-electron chi connectivity index (χ1n) is 12.7. The Morgan fingerprint density at radius 2 is 2.03 bits per heavy atom. The lowest BCUT2D eigenvalue weighted by Crippen LogP contribution is -2.36. The van der Waals surface area contributed by atoms with Crippen molar-refractivity contribution in [1.82, 2.24) is 29.6 Å². The Kier molecular flexibility index (Phi) is 6.02. The Balaban J connectivity index is 1.28. The molecule has 2 aromatic carbocycles. The first-order valence-corrected chi connectivity index (χ1v) is 12.7. The van der Waals surface area contributed by atoms with Crippen LogP contribution in [0.3, 0.4) is 0 Å². The van der Waals surface area contributed by atoms with Gasteiger partial charge in [-0.1, -0.05) is 31.5 Å². The van der Waals surface area contributed by atoms with Gasteiger partial charge in [0.1, 0.15) is 23.4 Å². The van der Waals surface area contributed by atoms with Gasteiger partial charge in [0.2, 0.25) is 0 Å². The van der Waals surface area contributed by atoms with Crippen molar-refractivity contribution in [3.8, 4) is 11.3 Å². The highest BCUT2D eigenvalue weighted by Gasteiger charge is 2.23. The molecular weight excluding hydrogens is 484 g/mol. The molecule has 0 spiro atoms. The molecule has 3 aromatic heterocycles. The summed E-state index contributed by atoms with van der Waals surface area (Å²) in [5.74, 6) is 0.354. The summed E-state index contributed by atoms with van der Waals surface area (Å²) in [6, 6.07) is 12.0. The highest BCUT2D eigenvalue weighted by atomic mass is 16.6. The number of oxazole rings is 1. The number of rotatable bonds is 6. The predicted octanol–water partition coefficient (Wildman–Crippen LogP) is 4.14. The van der Waals surface area contributed by atoms with E-state index in [9.17, 15) is 4.79 Å². The molecule has 11 heteroatoms. The molecule has 4 N–H and O–H groups in total. The number of anilines is 2. The Bertz CT molecular complexity index is 1660. The molecule has 6 rings (SSSR count). The number of benzene rings is 2. The van der Waals surface area contributed by atoms with Gasteiger partial charge < -0.3 is 25.5 Å². The third-order valence-corrected chi connectivity index (χ3v) is 6.83. The fourth-order valence-corrected chi connectivity index (χ4v) is 4.86. The van der Waals surface area contributed by atoms with Gasteiger partial charge in [-0.2, -0.15) is 10.1 Å². The quantitative estimate of drug-likeness (QED) is 0.320. The molecule has 1 amide bonds. The predicted molar refractivity (Wildman–Crippen MR) is 143 cm³/mol. The van der Waals surface area contributed by atoms with E-state index in [0.717, 1.165) is 36.0 Å². The summed E-state index contributed by atoms with van der Waals surface area (Å²) < 4.78 is 12.6. The largest absolute Gasteiger partial charge is 0.449 e. The molecule has 0 saturated carbocycles. The Labute approximate surface area is 218 Å². The summed E-state index contributed by atoms with van der Waals surface area (Å²) >= 11 is 0. The minimum absolute atomic E-state index is 0.110. The minimum atomic E-state index is -0.243. The fourth-order valence-electron chi connectivity index (χ4n) is 4.86. The van der Waals surface area contributed by atoms with Crippen molar-refractivity contribution in [2.75, 3.05) is 24.6 Å². The van der Waals surface area contributed by atoms with E-state index in [1.54, 1.807) is 4.90 Å². The van der Waals surface area contributed by atoms with Crippen LogP contribution in [0.15, 0.2) is 47.1 Å². The van der Waals surface area contributed by atoms with E-state index in [1.807, 2.05) is 22.9 Å². The third-order valence-electron chi connectivity index (χ3n) is 6.83. The number of nitrogen functional groups attached to an aromatic ring is 2. The number of carbonyl (C=O) groups is 1. The molecular formula is C27H28N8O3. The van der Waals surface area contributed by atoms with Gasteiger partial charge in [0.15, 0.2) is 11.2 Å². The van der Waals surface area contributed by atoms with Crippen LogP contribution in [0.4, 0.5) is 16.6 Å². The molecule has 0 fully saturated rings. The second-order valence-electron chi connectivity index (χ2n) is 9.44. The van der Waals surface area contributed by atoms with Crippen molar-refractivity contribution in [3.63, 3.8) is 0 Å². The van der Waals surface area contributed by atoms with Crippen molar-refractivity contribution < 1.29 is 13.9 Å². The van der Waals surface area contributed by atoms with E-state index in [-0.39, 0.29) is 12.1 Å². The molecule has 0 radical (unpaired) electrons. The fraction of sp³-hybridized carbons (Fsp3) is 0.296. The maximum Gasteiger partial charge on any atom is 0.410 e. The summed E-state index contributed by atoms with van der Waals surface area (Å²) in [7, 11) is 0. The van der Waals surface area contributed by atoms with Crippen LogP contribution in [0.2, 0.25) is 0 Å². The normalized spacial score (nSPS) is 13.2. The summed E-state index contributed by atoms with van der Waals surface area (Å²) in [4.78, 5) is 27.1. The molecule has 11 nitrogen and oxygen atoms in total. The molecule has 194 valence electrons. The number of hydrogen-bond donors (Lipinski definition) is 2. The number of carbonyl (C=O) groups excluding carboxylic acids is 1. The zero-order chi connectivity index (χ0) is 26.2. The van der Waals surface area contributed by atoms with Gasteiger partial charge in [-0.25, -0.2) is 19.4 Å². The first-order chi connectivity index (χ1) is 18.5. The van der Waals surface area contributed by atoms with Gasteiger partial charge in [0.05, 0.1) is 18.5 Å². The Morgan fingerprint density at radius 1 is 1.13 bits per heavy atom. The smallest absolute Gasteiger partial charge is 0.410 e. The molecule has 5 aromatic rings. The standard InChI is InChI=1S/C27H28N8O3/c1-2-3-10-37-27(36)34-9-8-17-11-16(4-5-19(17)14-34)13-35-25-22(24(28)30-15-31-25)23(33-35)18-6-7-21-20(12-18)32-26(29)38-21/h4-7,11-12,15H,2-3,8-10,13-14H2,1H3,(H2,29,32)(H2,28,30,31). The molecule has 4 heterocycles. The van der Waals surface area contributed by atoms with Crippen molar-refractivity contribution in [2.45, 2.75) is 39.3 Å². The lowest BCUT2D eigenvalue weighted by Gasteiger charge is -2.28. The van der Waals surface area contributed by atoms with Gasteiger partial charge in [-0.3, -0.25) is 0 Å². The van der Waals surface area contributed by atoms with Gasteiger partial charge in [0.25, 0.3) is 6.01 Å². The number of nitrogens with zero attached hydrogens (tertiary/aromatic N) is 6. The summed E-state index contributed by atoms with van der Waals surface area (Å²) in [5, 5.41) is 5.57. The molecule has 0 unspecified atom stereocenters. The summed E-state index contributed by atoms with van der Waals surface area (Å²) in [5.41, 5.74) is 18.8. The molecule has 38 heavy (non-hydrogen) atoms. The highest BCUT2D eigenvalue weighted by Crippen LogP contribution is 2.33. The van der Waals surface area contributed by atoms with Gasteiger partial charge >= 0.3 is 6.09 Å². The summed E-state index contributed by atoms with van der Waals surface area (Å²) in [6.45, 7) is 4.23. The van der Waals surface area contributed by atoms with Crippen LogP contribution in [0, 0.1) is 0 Å². The highest BCUT2D eigenvalue weighted by molar-refractivity contribution is 5.99. The molecule has 0 aliphatic carbocycles. The van der Waals surface area contributed by atoms with Gasteiger partial charge in [-0.05, 0) is 47.7 Å². The molecule has 0 atom stereocenters. The molecule has 1 aliphatic heterocycles. The molecule has 0 bridgehead atoms. The van der Waals surface area contributed by atoms with Gasteiger partial charge in [0, 0.05) is 18.7 Å². The van der Waals surface area contributed by atoms with Crippen molar-refractivity contribution in [3.05, 3.63) is 59.4 Å². The number of nitrogens with two attached hydrogens (primary N) is 2. The Morgan fingerprint density at radius 3 is 2.89 bits per heavy atom. The van der Waals surface area contributed by atoms with E-state index < -0.39 is 0 Å². The lowest BCUT2D eigenvalue weighted by molar-refractivity contribution is 0.0966. The van der Waals surface area contributed by atoms with E-state index in [0.29, 0.717) is 59.9 Å².